The molecule has 0 saturated carbocycles. The number of rotatable bonds is 5. The molecule has 0 unspecified atom stereocenters. The minimum absolute atomic E-state index is 0.182. The van der Waals surface area contributed by atoms with Crippen LogP contribution in [0.15, 0.2) is 53.7 Å². The first kappa shape index (κ1) is 16.0. The second-order valence-electron chi connectivity index (χ2n) is 5.11. The van der Waals surface area contributed by atoms with E-state index in [0.717, 1.165) is 5.56 Å². The molecule has 0 atom stereocenters. The van der Waals surface area contributed by atoms with Crippen LogP contribution < -0.4 is 4.72 Å². The average molecular weight is 350 g/mol. The molecular weight excluding hydrogens is 334 g/mol. The van der Waals surface area contributed by atoms with Gasteiger partial charge in [-0.1, -0.05) is 23.7 Å². The van der Waals surface area contributed by atoms with Crippen molar-refractivity contribution in [2.24, 2.45) is 0 Å². The Kier molecular flexibility index (Phi) is 4.39. The highest BCUT2D eigenvalue weighted by molar-refractivity contribution is 7.89. The van der Waals surface area contributed by atoms with Crippen LogP contribution in [-0.2, 0) is 23.1 Å². The van der Waals surface area contributed by atoms with Gasteiger partial charge in [0.1, 0.15) is 10.5 Å². The summed E-state index contributed by atoms with van der Waals surface area (Å²) in [7, 11) is -3.64. The van der Waals surface area contributed by atoms with Crippen molar-refractivity contribution in [3.8, 4) is 0 Å². The van der Waals surface area contributed by atoms with Crippen molar-refractivity contribution in [2.45, 2.75) is 24.9 Å². The molecule has 2 heterocycles. The molecular formula is C16H16ClN3O2S. The van der Waals surface area contributed by atoms with Gasteiger partial charge < -0.3 is 4.57 Å². The highest BCUT2D eigenvalue weighted by Crippen LogP contribution is 2.24. The molecule has 5 nitrogen and oxygen atoms in total. The van der Waals surface area contributed by atoms with Crippen LogP contribution in [0, 0.1) is 0 Å². The summed E-state index contributed by atoms with van der Waals surface area (Å²) in [6.07, 6.45) is 3.28. The standard InChI is InChI=1S/C16H16ClN3O2S/c1-2-20-11-15(14-7-4-8-18-16(14)20)23(21,22)19-10-12-5-3-6-13(17)9-12/h3-9,11,19H,2,10H2,1H3. The summed E-state index contributed by atoms with van der Waals surface area (Å²) >= 11 is 5.92. The minimum atomic E-state index is -3.64. The second-order valence-corrected chi connectivity index (χ2v) is 7.28. The SMILES string of the molecule is CCn1cc(S(=O)(=O)NCc2cccc(Cl)c2)c2cccnc21. The molecule has 1 N–H and O–H groups in total. The summed E-state index contributed by atoms with van der Waals surface area (Å²) in [6.45, 7) is 2.78. The summed E-state index contributed by atoms with van der Waals surface area (Å²) in [5.41, 5.74) is 1.47. The van der Waals surface area contributed by atoms with E-state index in [1.165, 1.54) is 0 Å². The predicted octanol–water partition coefficient (Wildman–Crippen LogP) is 3.19. The van der Waals surface area contributed by atoms with Crippen LogP contribution in [0.4, 0.5) is 0 Å². The van der Waals surface area contributed by atoms with Crippen LogP contribution >= 0.6 is 11.6 Å². The maximum absolute atomic E-state index is 12.6. The van der Waals surface area contributed by atoms with E-state index in [-0.39, 0.29) is 11.4 Å². The third kappa shape index (κ3) is 3.24. The lowest BCUT2D eigenvalue weighted by Gasteiger charge is -2.06. The number of nitrogens with one attached hydrogen (secondary N) is 1. The number of aryl methyl sites for hydroxylation is 1. The molecule has 0 aliphatic rings. The Bertz CT molecular complexity index is 951. The smallest absolute Gasteiger partial charge is 0.243 e. The maximum atomic E-state index is 12.6. The van der Waals surface area contributed by atoms with E-state index in [9.17, 15) is 8.42 Å². The van der Waals surface area contributed by atoms with Crippen molar-refractivity contribution >= 4 is 32.7 Å². The van der Waals surface area contributed by atoms with E-state index >= 15 is 0 Å². The first-order valence-electron chi connectivity index (χ1n) is 7.19. The van der Waals surface area contributed by atoms with E-state index in [1.54, 1.807) is 42.7 Å². The number of fused-ring (bicyclic) bond motifs is 1. The van der Waals surface area contributed by atoms with Gasteiger partial charge in [0.25, 0.3) is 0 Å². The molecule has 3 rings (SSSR count). The van der Waals surface area contributed by atoms with Crippen molar-refractivity contribution in [2.75, 3.05) is 0 Å². The molecule has 1 aromatic carbocycles. The third-order valence-electron chi connectivity index (χ3n) is 3.58. The zero-order chi connectivity index (χ0) is 16.4. The maximum Gasteiger partial charge on any atom is 0.243 e. The monoisotopic (exact) mass is 349 g/mol. The fourth-order valence-corrected chi connectivity index (χ4v) is 3.89. The number of halogens is 1. The first-order valence-corrected chi connectivity index (χ1v) is 9.05. The molecule has 2 aromatic heterocycles. The molecule has 7 heteroatoms. The number of aromatic nitrogens is 2. The summed E-state index contributed by atoms with van der Waals surface area (Å²) < 4.78 is 29.7. The number of sulfonamides is 1. The van der Waals surface area contributed by atoms with Crippen LogP contribution in [0.1, 0.15) is 12.5 Å². The van der Waals surface area contributed by atoms with E-state index in [0.29, 0.717) is 22.6 Å². The highest BCUT2D eigenvalue weighted by Gasteiger charge is 2.21. The van der Waals surface area contributed by atoms with Crippen molar-refractivity contribution in [1.82, 2.24) is 14.3 Å². The zero-order valence-electron chi connectivity index (χ0n) is 12.5. The van der Waals surface area contributed by atoms with Crippen LogP contribution in [-0.4, -0.2) is 18.0 Å². The molecule has 23 heavy (non-hydrogen) atoms. The Morgan fingerprint density at radius 3 is 2.83 bits per heavy atom. The molecule has 0 amide bonds. The molecule has 120 valence electrons. The first-order chi connectivity index (χ1) is 11.0. The molecule has 0 aliphatic carbocycles. The van der Waals surface area contributed by atoms with Gasteiger partial charge in [-0.15, -0.1) is 0 Å². The van der Waals surface area contributed by atoms with E-state index < -0.39 is 10.0 Å². The highest BCUT2D eigenvalue weighted by atomic mass is 35.5. The fraction of sp³-hybridized carbons (Fsp3) is 0.188. The van der Waals surface area contributed by atoms with Crippen molar-refractivity contribution < 1.29 is 8.42 Å². The van der Waals surface area contributed by atoms with Gasteiger partial charge in [-0.05, 0) is 36.8 Å². The summed E-state index contributed by atoms with van der Waals surface area (Å²) in [4.78, 5) is 4.51. The zero-order valence-corrected chi connectivity index (χ0v) is 14.1. The fourth-order valence-electron chi connectivity index (χ4n) is 2.45. The number of pyridine rings is 1. The Hall–Kier alpha value is -1.89. The second kappa shape index (κ2) is 6.31. The Morgan fingerprint density at radius 1 is 1.26 bits per heavy atom. The minimum Gasteiger partial charge on any atom is -0.331 e. The number of benzene rings is 1. The van der Waals surface area contributed by atoms with Crippen LogP contribution in [0.5, 0.6) is 0 Å². The average Bonchev–Trinajstić information content (AvgIpc) is 2.93. The van der Waals surface area contributed by atoms with Crippen LogP contribution in [0.3, 0.4) is 0 Å². The lowest BCUT2D eigenvalue weighted by Crippen LogP contribution is -2.23. The van der Waals surface area contributed by atoms with E-state index in [2.05, 4.69) is 9.71 Å². The van der Waals surface area contributed by atoms with Gasteiger partial charge in [-0.2, -0.15) is 0 Å². The molecule has 0 spiro atoms. The Morgan fingerprint density at radius 2 is 2.09 bits per heavy atom. The number of nitrogens with zero attached hydrogens (tertiary/aromatic N) is 2. The van der Waals surface area contributed by atoms with Crippen LogP contribution in [0.25, 0.3) is 11.0 Å². The molecule has 0 bridgehead atoms. The van der Waals surface area contributed by atoms with Crippen molar-refractivity contribution in [3.63, 3.8) is 0 Å². The predicted molar refractivity (Wildman–Crippen MR) is 90.9 cm³/mol. The van der Waals surface area contributed by atoms with Crippen molar-refractivity contribution in [1.29, 1.82) is 0 Å². The lowest BCUT2D eigenvalue weighted by atomic mass is 10.2. The van der Waals surface area contributed by atoms with Crippen molar-refractivity contribution in [3.05, 3.63) is 59.4 Å². The molecule has 0 fully saturated rings. The number of hydrogen-bond acceptors (Lipinski definition) is 3. The molecule has 3 aromatic rings. The quantitative estimate of drug-likeness (QED) is 0.769. The summed E-state index contributed by atoms with van der Waals surface area (Å²) in [5, 5.41) is 1.20. The van der Waals surface area contributed by atoms with Gasteiger partial charge in [0.2, 0.25) is 10.0 Å². The summed E-state index contributed by atoms with van der Waals surface area (Å²) in [6, 6.07) is 10.6. The van der Waals surface area contributed by atoms with Gasteiger partial charge in [-0.3, -0.25) is 0 Å². The van der Waals surface area contributed by atoms with Gasteiger partial charge in [-0.25, -0.2) is 18.1 Å². The Balaban J connectivity index is 1.94. The number of hydrogen-bond donors (Lipinski definition) is 1. The van der Waals surface area contributed by atoms with E-state index in [4.69, 9.17) is 11.6 Å². The Labute approximate surface area is 140 Å². The van der Waals surface area contributed by atoms with Gasteiger partial charge in [0, 0.05) is 35.9 Å². The van der Waals surface area contributed by atoms with E-state index in [1.807, 2.05) is 17.6 Å². The largest absolute Gasteiger partial charge is 0.331 e. The summed E-state index contributed by atoms with van der Waals surface area (Å²) in [5.74, 6) is 0. The molecule has 0 aliphatic heterocycles. The lowest BCUT2D eigenvalue weighted by molar-refractivity contribution is 0.581. The topological polar surface area (TPSA) is 64.0 Å². The van der Waals surface area contributed by atoms with Crippen LogP contribution in [0.2, 0.25) is 5.02 Å². The van der Waals surface area contributed by atoms with Gasteiger partial charge in [0.15, 0.2) is 0 Å². The molecule has 0 saturated heterocycles. The van der Waals surface area contributed by atoms with Gasteiger partial charge >= 0.3 is 0 Å². The van der Waals surface area contributed by atoms with Gasteiger partial charge in [0.05, 0.1) is 0 Å². The molecule has 0 radical (unpaired) electrons. The third-order valence-corrected chi connectivity index (χ3v) is 5.25. The normalized spacial score (nSPS) is 11.9.